The monoisotopic (exact) mass is 592 g/mol. The minimum absolute atomic E-state index is 0.174. The van der Waals surface area contributed by atoms with E-state index in [4.69, 9.17) is 21.1 Å². The lowest BCUT2D eigenvalue weighted by Crippen LogP contribution is -2.47. The predicted molar refractivity (Wildman–Crippen MR) is 168 cm³/mol. The van der Waals surface area contributed by atoms with Crippen LogP contribution in [-0.2, 0) is 4.74 Å². The molecule has 0 aromatic heterocycles. The Balaban J connectivity index is 1.29. The molecule has 5 rings (SSSR count). The van der Waals surface area contributed by atoms with Crippen molar-refractivity contribution in [3.63, 3.8) is 0 Å². The van der Waals surface area contributed by atoms with Crippen LogP contribution in [0, 0.1) is 0 Å². The van der Waals surface area contributed by atoms with Crippen molar-refractivity contribution in [2.75, 3.05) is 93.1 Å². The minimum atomic E-state index is -0.408. The van der Waals surface area contributed by atoms with Gasteiger partial charge in [-0.2, -0.15) is 0 Å². The summed E-state index contributed by atoms with van der Waals surface area (Å²) in [6, 6.07) is 20.0. The van der Waals surface area contributed by atoms with Gasteiger partial charge in [0.05, 0.1) is 31.6 Å². The van der Waals surface area contributed by atoms with Gasteiger partial charge in [0, 0.05) is 74.4 Å². The second-order valence-electron chi connectivity index (χ2n) is 10.2. The molecule has 0 atom stereocenters. The summed E-state index contributed by atoms with van der Waals surface area (Å²) in [4.78, 5) is 33.0. The zero-order valence-corrected chi connectivity index (χ0v) is 24.5. The molecule has 0 spiro atoms. The molecular weight excluding hydrogens is 556 g/mol. The molecule has 0 saturated carbocycles. The molecular formula is C31H37ClN6O4. The Hall–Kier alpha value is -3.99. The van der Waals surface area contributed by atoms with Gasteiger partial charge >= 0.3 is 6.03 Å². The molecule has 42 heavy (non-hydrogen) atoms. The Bertz CT molecular complexity index is 1360. The standard InChI is InChI=1S/C31H37ClN6O4/c1-41-29-5-3-2-4-28(29)38-16-14-37(15-17-38)27-11-10-25(35-31(40)34-24-8-6-23(32)7-9-24)22-26(27)30(39)33-12-13-36-18-20-42-21-19-36/h2-11,22H,12-21H2,1H3,(H,33,39)(H2,34,35,40). The number of halogens is 1. The first-order chi connectivity index (χ1) is 20.5. The van der Waals surface area contributed by atoms with Crippen molar-refractivity contribution < 1.29 is 19.1 Å². The molecule has 0 unspecified atom stereocenters. The van der Waals surface area contributed by atoms with Crippen molar-refractivity contribution in [3.05, 3.63) is 77.3 Å². The number of hydrogen-bond acceptors (Lipinski definition) is 7. The molecule has 222 valence electrons. The third-order valence-electron chi connectivity index (χ3n) is 7.46. The fourth-order valence-corrected chi connectivity index (χ4v) is 5.35. The first-order valence-electron chi connectivity index (χ1n) is 14.2. The molecule has 3 N–H and O–H groups in total. The predicted octanol–water partition coefficient (Wildman–Crippen LogP) is 4.38. The van der Waals surface area contributed by atoms with Crippen LogP contribution in [0.4, 0.5) is 27.5 Å². The summed E-state index contributed by atoms with van der Waals surface area (Å²) in [6.07, 6.45) is 0. The van der Waals surface area contributed by atoms with Gasteiger partial charge in [0.25, 0.3) is 5.91 Å². The number of ether oxygens (including phenoxy) is 2. The molecule has 0 bridgehead atoms. The highest BCUT2D eigenvalue weighted by atomic mass is 35.5. The zero-order chi connectivity index (χ0) is 29.3. The van der Waals surface area contributed by atoms with Crippen LogP contribution in [0.3, 0.4) is 0 Å². The van der Waals surface area contributed by atoms with Crippen molar-refractivity contribution in [2.45, 2.75) is 0 Å². The molecule has 3 amide bonds. The largest absolute Gasteiger partial charge is 0.495 e. The molecule has 3 aromatic carbocycles. The Labute approximate surface area is 251 Å². The number of piperazine rings is 1. The summed E-state index contributed by atoms with van der Waals surface area (Å²) in [5, 5.41) is 9.32. The van der Waals surface area contributed by atoms with Crippen LogP contribution in [0.15, 0.2) is 66.7 Å². The minimum Gasteiger partial charge on any atom is -0.495 e. The molecule has 10 nitrogen and oxygen atoms in total. The fraction of sp³-hybridized carbons (Fsp3) is 0.355. The zero-order valence-electron chi connectivity index (χ0n) is 23.8. The summed E-state index contributed by atoms with van der Waals surface area (Å²) >= 11 is 5.95. The van der Waals surface area contributed by atoms with Gasteiger partial charge in [0.15, 0.2) is 0 Å². The number of hydrogen-bond donors (Lipinski definition) is 3. The van der Waals surface area contributed by atoms with Crippen LogP contribution in [0.5, 0.6) is 5.75 Å². The highest BCUT2D eigenvalue weighted by Gasteiger charge is 2.24. The van der Waals surface area contributed by atoms with E-state index in [2.05, 4.69) is 36.7 Å². The molecule has 11 heteroatoms. The SMILES string of the molecule is COc1ccccc1N1CCN(c2ccc(NC(=O)Nc3ccc(Cl)cc3)cc2C(=O)NCCN2CCOCC2)CC1. The number of nitrogens with zero attached hydrogens (tertiary/aromatic N) is 3. The fourth-order valence-electron chi connectivity index (χ4n) is 5.22. The van der Waals surface area contributed by atoms with E-state index in [-0.39, 0.29) is 5.91 Å². The van der Waals surface area contributed by atoms with E-state index in [9.17, 15) is 9.59 Å². The van der Waals surface area contributed by atoms with Gasteiger partial charge in [-0.1, -0.05) is 23.7 Å². The second-order valence-corrected chi connectivity index (χ2v) is 10.6. The van der Waals surface area contributed by atoms with E-state index in [0.29, 0.717) is 41.7 Å². The number of carbonyl (C=O) groups excluding carboxylic acids is 2. The maximum absolute atomic E-state index is 13.5. The number of carbonyl (C=O) groups is 2. The lowest BCUT2D eigenvalue weighted by atomic mass is 10.1. The maximum atomic E-state index is 13.5. The highest BCUT2D eigenvalue weighted by Crippen LogP contribution is 2.31. The van der Waals surface area contributed by atoms with Crippen LogP contribution in [-0.4, -0.2) is 89.5 Å². The lowest BCUT2D eigenvalue weighted by Gasteiger charge is -2.38. The Morgan fingerprint density at radius 3 is 2.19 bits per heavy atom. The van der Waals surface area contributed by atoms with E-state index in [1.807, 2.05) is 30.3 Å². The Morgan fingerprint density at radius 1 is 0.833 bits per heavy atom. The average molecular weight is 593 g/mol. The Morgan fingerprint density at radius 2 is 1.48 bits per heavy atom. The Kier molecular flexibility index (Phi) is 10.0. The number of anilines is 4. The summed E-state index contributed by atoms with van der Waals surface area (Å²) in [7, 11) is 1.68. The summed E-state index contributed by atoms with van der Waals surface area (Å²) in [5.74, 6) is 0.672. The average Bonchev–Trinajstić information content (AvgIpc) is 3.02. The van der Waals surface area contributed by atoms with Gasteiger partial charge in [-0.25, -0.2) is 4.79 Å². The normalized spacial score (nSPS) is 15.7. The van der Waals surface area contributed by atoms with Crippen LogP contribution < -0.4 is 30.5 Å². The molecule has 2 fully saturated rings. The molecule has 2 heterocycles. The van der Waals surface area contributed by atoms with E-state index in [1.54, 1.807) is 37.4 Å². The van der Waals surface area contributed by atoms with Crippen molar-refractivity contribution in [3.8, 4) is 5.75 Å². The highest BCUT2D eigenvalue weighted by molar-refractivity contribution is 6.30. The van der Waals surface area contributed by atoms with E-state index < -0.39 is 6.03 Å². The van der Waals surface area contributed by atoms with Crippen molar-refractivity contribution >= 4 is 46.3 Å². The summed E-state index contributed by atoms with van der Waals surface area (Å²) < 4.78 is 11.0. The number of urea groups is 1. The van der Waals surface area contributed by atoms with Crippen LogP contribution in [0.2, 0.25) is 5.02 Å². The van der Waals surface area contributed by atoms with Crippen molar-refractivity contribution in [1.82, 2.24) is 10.2 Å². The number of amides is 3. The van der Waals surface area contributed by atoms with Gasteiger partial charge in [0.1, 0.15) is 5.75 Å². The van der Waals surface area contributed by atoms with Crippen LogP contribution in [0.25, 0.3) is 0 Å². The van der Waals surface area contributed by atoms with Crippen LogP contribution in [0.1, 0.15) is 10.4 Å². The third kappa shape index (κ3) is 7.64. The van der Waals surface area contributed by atoms with Crippen molar-refractivity contribution in [2.24, 2.45) is 0 Å². The van der Waals surface area contributed by atoms with Crippen molar-refractivity contribution in [1.29, 1.82) is 0 Å². The molecule has 3 aromatic rings. The molecule has 0 aliphatic carbocycles. The quantitative estimate of drug-likeness (QED) is 0.339. The van der Waals surface area contributed by atoms with Gasteiger partial charge in [-0.05, 0) is 54.6 Å². The van der Waals surface area contributed by atoms with E-state index >= 15 is 0 Å². The third-order valence-corrected chi connectivity index (χ3v) is 7.72. The molecule has 0 radical (unpaired) electrons. The number of rotatable bonds is 9. The van der Waals surface area contributed by atoms with Gasteiger partial charge in [-0.3, -0.25) is 9.69 Å². The first-order valence-corrected chi connectivity index (χ1v) is 14.6. The first kappa shape index (κ1) is 29.5. The summed E-state index contributed by atoms with van der Waals surface area (Å²) in [5.41, 5.74) is 3.56. The number of benzene rings is 3. The second kappa shape index (κ2) is 14.3. The molecule has 2 saturated heterocycles. The number of para-hydroxylation sites is 2. The van der Waals surface area contributed by atoms with E-state index in [0.717, 1.165) is 62.9 Å². The lowest BCUT2D eigenvalue weighted by molar-refractivity contribution is 0.0383. The number of nitrogens with one attached hydrogen (secondary N) is 3. The molecule has 2 aliphatic rings. The maximum Gasteiger partial charge on any atom is 0.323 e. The number of methoxy groups -OCH3 is 1. The van der Waals surface area contributed by atoms with Crippen LogP contribution >= 0.6 is 11.6 Å². The summed E-state index contributed by atoms with van der Waals surface area (Å²) in [6.45, 7) is 7.45. The number of morpholine rings is 1. The van der Waals surface area contributed by atoms with E-state index in [1.165, 1.54) is 0 Å². The van der Waals surface area contributed by atoms with Gasteiger partial charge < -0.3 is 35.2 Å². The van der Waals surface area contributed by atoms with Gasteiger partial charge in [-0.15, -0.1) is 0 Å². The topological polar surface area (TPSA) is 98.4 Å². The molecule has 2 aliphatic heterocycles. The smallest absolute Gasteiger partial charge is 0.323 e. The van der Waals surface area contributed by atoms with Gasteiger partial charge in [0.2, 0.25) is 0 Å².